The molecule has 3 N–H and O–H groups in total. The van der Waals surface area contributed by atoms with E-state index in [1.807, 2.05) is 37.3 Å². The van der Waals surface area contributed by atoms with Crippen LogP contribution in [0.15, 0.2) is 36.4 Å². The minimum absolute atomic E-state index is 0.0104. The third-order valence-corrected chi connectivity index (χ3v) is 5.48. The summed E-state index contributed by atoms with van der Waals surface area (Å²) in [5.74, 6) is 0.123. The molecule has 0 spiro atoms. The summed E-state index contributed by atoms with van der Waals surface area (Å²) in [6.07, 6.45) is 1.64. The lowest BCUT2D eigenvalue weighted by Crippen LogP contribution is -1.90. The molecule has 0 atom stereocenters. The number of para-hydroxylation sites is 1. The second-order valence-corrected chi connectivity index (χ2v) is 7.34. The van der Waals surface area contributed by atoms with E-state index in [-0.39, 0.29) is 11.5 Å². The van der Waals surface area contributed by atoms with E-state index >= 15 is 0 Å². The normalized spacial score (nSPS) is 11.3. The molecule has 132 valence electrons. The van der Waals surface area contributed by atoms with Crippen LogP contribution in [0.1, 0.15) is 24.6 Å². The van der Waals surface area contributed by atoms with Gasteiger partial charge in [0.05, 0.1) is 15.8 Å². The van der Waals surface area contributed by atoms with Crippen molar-refractivity contribution in [1.29, 1.82) is 0 Å². The number of thiazole rings is 1. The van der Waals surface area contributed by atoms with Gasteiger partial charge in [0, 0.05) is 17.3 Å². The van der Waals surface area contributed by atoms with Crippen LogP contribution in [0.5, 0.6) is 11.5 Å². The van der Waals surface area contributed by atoms with Crippen molar-refractivity contribution in [2.75, 3.05) is 0 Å². The van der Waals surface area contributed by atoms with Gasteiger partial charge >= 0.3 is 0 Å². The number of nitrogens with zero attached hydrogens (tertiary/aromatic N) is 2. The molecular weight excluding hydrogens is 346 g/mol. The molecule has 0 radical (unpaired) electrons. The van der Waals surface area contributed by atoms with Crippen LogP contribution in [-0.4, -0.2) is 25.4 Å². The number of aromatic amines is 1. The van der Waals surface area contributed by atoms with E-state index in [2.05, 4.69) is 17.1 Å². The highest BCUT2D eigenvalue weighted by molar-refractivity contribution is 7.21. The summed E-state index contributed by atoms with van der Waals surface area (Å²) < 4.78 is 1.11. The van der Waals surface area contributed by atoms with E-state index < -0.39 is 0 Å². The molecule has 26 heavy (non-hydrogen) atoms. The second-order valence-electron chi connectivity index (χ2n) is 6.31. The SMILES string of the molecule is CCCc1cc(-c2n[nH]c(C)c2-c2nc3ccccc3s2)c(O)cc1O. The van der Waals surface area contributed by atoms with E-state index in [0.29, 0.717) is 11.3 Å². The van der Waals surface area contributed by atoms with Gasteiger partial charge in [0.15, 0.2) is 0 Å². The number of phenolic OH excluding ortho intramolecular Hbond substituents is 2. The van der Waals surface area contributed by atoms with Crippen LogP contribution < -0.4 is 0 Å². The minimum Gasteiger partial charge on any atom is -0.508 e. The maximum atomic E-state index is 10.4. The number of nitrogens with one attached hydrogen (secondary N) is 1. The van der Waals surface area contributed by atoms with E-state index in [0.717, 1.165) is 44.9 Å². The third-order valence-electron chi connectivity index (χ3n) is 4.43. The number of aryl methyl sites for hydroxylation is 2. The standard InChI is InChI=1S/C20H19N3O2S/c1-3-6-12-9-13(16(25)10-15(12)24)19-18(11(2)22-23-19)20-21-14-7-4-5-8-17(14)26-20/h4-5,7-10,24-25H,3,6H2,1-2H3,(H,22,23). The van der Waals surface area contributed by atoms with Gasteiger partial charge in [-0.2, -0.15) is 5.10 Å². The molecule has 0 unspecified atom stereocenters. The van der Waals surface area contributed by atoms with E-state index in [9.17, 15) is 10.2 Å². The van der Waals surface area contributed by atoms with Gasteiger partial charge in [-0.15, -0.1) is 11.3 Å². The monoisotopic (exact) mass is 365 g/mol. The average Bonchev–Trinajstić information content (AvgIpc) is 3.20. The number of benzene rings is 2. The average molecular weight is 365 g/mol. The highest BCUT2D eigenvalue weighted by Crippen LogP contribution is 2.42. The van der Waals surface area contributed by atoms with Crippen LogP contribution in [-0.2, 0) is 6.42 Å². The lowest BCUT2D eigenvalue weighted by molar-refractivity contribution is 0.446. The van der Waals surface area contributed by atoms with Crippen molar-refractivity contribution < 1.29 is 10.2 Å². The number of hydrogen-bond acceptors (Lipinski definition) is 5. The Bertz CT molecular complexity index is 1060. The van der Waals surface area contributed by atoms with Crippen molar-refractivity contribution in [2.24, 2.45) is 0 Å². The Balaban J connectivity index is 1.91. The molecule has 2 aromatic heterocycles. The van der Waals surface area contributed by atoms with Gasteiger partial charge in [-0.25, -0.2) is 4.98 Å². The quantitative estimate of drug-likeness (QED) is 0.474. The Kier molecular flexibility index (Phi) is 4.12. The fraction of sp³-hybridized carbons (Fsp3) is 0.200. The molecule has 6 heteroatoms. The van der Waals surface area contributed by atoms with Gasteiger partial charge in [-0.3, -0.25) is 5.10 Å². The molecule has 5 nitrogen and oxygen atoms in total. The van der Waals surface area contributed by atoms with Crippen LogP contribution in [0.3, 0.4) is 0 Å². The van der Waals surface area contributed by atoms with Crippen LogP contribution in [0.4, 0.5) is 0 Å². The molecule has 0 saturated heterocycles. The van der Waals surface area contributed by atoms with Crippen LogP contribution in [0.2, 0.25) is 0 Å². The van der Waals surface area contributed by atoms with Crippen LogP contribution in [0.25, 0.3) is 32.0 Å². The number of aromatic nitrogens is 3. The van der Waals surface area contributed by atoms with Gasteiger partial charge in [0.25, 0.3) is 0 Å². The fourth-order valence-electron chi connectivity index (χ4n) is 3.15. The highest BCUT2D eigenvalue weighted by atomic mass is 32.1. The summed E-state index contributed by atoms with van der Waals surface area (Å²) >= 11 is 1.60. The van der Waals surface area contributed by atoms with E-state index in [1.54, 1.807) is 11.3 Å². The van der Waals surface area contributed by atoms with Crippen molar-refractivity contribution in [1.82, 2.24) is 15.2 Å². The van der Waals surface area contributed by atoms with Crippen molar-refractivity contribution in [2.45, 2.75) is 26.7 Å². The van der Waals surface area contributed by atoms with Crippen LogP contribution >= 0.6 is 11.3 Å². The maximum absolute atomic E-state index is 10.4. The second kappa shape index (κ2) is 6.46. The fourth-order valence-corrected chi connectivity index (χ4v) is 4.22. The van der Waals surface area contributed by atoms with E-state index in [4.69, 9.17) is 4.98 Å². The zero-order chi connectivity index (χ0) is 18.3. The first-order valence-electron chi connectivity index (χ1n) is 8.54. The first-order chi connectivity index (χ1) is 12.6. The van der Waals surface area contributed by atoms with Crippen molar-refractivity contribution in [3.63, 3.8) is 0 Å². The van der Waals surface area contributed by atoms with E-state index in [1.165, 1.54) is 6.07 Å². The summed E-state index contributed by atoms with van der Waals surface area (Å²) in [5.41, 5.74) is 4.77. The Morgan fingerprint density at radius 1 is 1.12 bits per heavy atom. The van der Waals surface area contributed by atoms with Crippen molar-refractivity contribution in [3.05, 3.63) is 47.7 Å². The lowest BCUT2D eigenvalue weighted by atomic mass is 10.00. The largest absolute Gasteiger partial charge is 0.508 e. The number of rotatable bonds is 4. The molecule has 0 aliphatic rings. The Morgan fingerprint density at radius 2 is 1.92 bits per heavy atom. The maximum Gasteiger partial charge on any atom is 0.128 e. The van der Waals surface area contributed by atoms with Gasteiger partial charge in [-0.1, -0.05) is 25.5 Å². The number of H-pyrrole nitrogens is 1. The zero-order valence-electron chi connectivity index (χ0n) is 14.6. The molecule has 4 aromatic rings. The summed E-state index contributed by atoms with van der Waals surface area (Å²) in [6.45, 7) is 4.00. The first-order valence-corrected chi connectivity index (χ1v) is 9.36. The number of fused-ring (bicyclic) bond motifs is 1. The molecule has 0 amide bonds. The van der Waals surface area contributed by atoms with Gasteiger partial charge < -0.3 is 10.2 Å². The number of phenols is 2. The summed E-state index contributed by atoms with van der Waals surface area (Å²) in [4.78, 5) is 4.74. The molecule has 0 fully saturated rings. The molecular formula is C20H19N3O2S. The van der Waals surface area contributed by atoms with Gasteiger partial charge in [0.1, 0.15) is 22.2 Å². The summed E-state index contributed by atoms with van der Waals surface area (Å²) in [7, 11) is 0. The molecule has 0 saturated carbocycles. The molecule has 0 bridgehead atoms. The molecule has 2 heterocycles. The molecule has 2 aromatic carbocycles. The predicted octanol–water partition coefficient (Wildman–Crippen LogP) is 5.03. The van der Waals surface area contributed by atoms with Crippen LogP contribution in [0, 0.1) is 6.92 Å². The minimum atomic E-state index is 0.0104. The first kappa shape index (κ1) is 16.6. The summed E-state index contributed by atoms with van der Waals surface area (Å²) in [5, 5.41) is 28.8. The Hall–Kier alpha value is -2.86. The number of hydrogen-bond donors (Lipinski definition) is 3. The third kappa shape index (κ3) is 2.72. The Labute approximate surface area is 155 Å². The van der Waals surface area contributed by atoms with Crippen molar-refractivity contribution >= 4 is 21.6 Å². The highest BCUT2D eigenvalue weighted by Gasteiger charge is 2.21. The van der Waals surface area contributed by atoms with Gasteiger partial charge in [-0.05, 0) is 37.1 Å². The lowest BCUT2D eigenvalue weighted by Gasteiger charge is -2.09. The smallest absolute Gasteiger partial charge is 0.128 e. The van der Waals surface area contributed by atoms with Crippen molar-refractivity contribution in [3.8, 4) is 33.3 Å². The molecule has 0 aliphatic carbocycles. The zero-order valence-corrected chi connectivity index (χ0v) is 15.4. The topological polar surface area (TPSA) is 82.0 Å². The molecule has 0 aliphatic heterocycles. The Morgan fingerprint density at radius 3 is 2.69 bits per heavy atom. The summed E-state index contributed by atoms with van der Waals surface area (Å²) in [6, 6.07) is 11.2. The molecule has 4 rings (SSSR count). The predicted molar refractivity (Wildman–Crippen MR) is 105 cm³/mol. The number of aromatic hydroxyl groups is 2. The van der Waals surface area contributed by atoms with Gasteiger partial charge in [0.2, 0.25) is 0 Å².